The van der Waals surface area contributed by atoms with Crippen molar-refractivity contribution < 1.29 is 28.7 Å². The summed E-state index contributed by atoms with van der Waals surface area (Å²) >= 11 is 7.36. The van der Waals surface area contributed by atoms with Crippen LogP contribution in [0.1, 0.15) is 35.4 Å². The van der Waals surface area contributed by atoms with Gasteiger partial charge in [0.15, 0.2) is 21.2 Å². The van der Waals surface area contributed by atoms with E-state index < -0.39 is 29.2 Å². The van der Waals surface area contributed by atoms with Gasteiger partial charge in [-0.3, -0.25) is 29.0 Å². The monoisotopic (exact) mass is 966 g/mol. The number of hydrogen-bond donors (Lipinski definition) is 0. The molecule has 0 unspecified atom stereocenters. The Hall–Kier alpha value is -6.88. The molecule has 2 aliphatic heterocycles. The van der Waals surface area contributed by atoms with Crippen molar-refractivity contribution in [1.82, 2.24) is 9.80 Å². The van der Waals surface area contributed by atoms with Crippen LogP contribution in [0.5, 0.6) is 0 Å². The van der Waals surface area contributed by atoms with Gasteiger partial charge in [0, 0.05) is 28.2 Å². The molecular formula is C45H26N8O6S6. The Kier molecular flexibility index (Phi) is 11.7. The van der Waals surface area contributed by atoms with Gasteiger partial charge in [-0.15, -0.1) is 45.3 Å². The Bertz CT molecular complexity index is 3310. The number of aliphatic imine (C=N–C) groups is 2. The van der Waals surface area contributed by atoms with Crippen LogP contribution in [-0.4, -0.2) is 56.7 Å². The Labute approximate surface area is 393 Å². The highest BCUT2D eigenvalue weighted by Crippen LogP contribution is 2.59. The highest BCUT2D eigenvalue weighted by molar-refractivity contribution is 8.20. The summed E-state index contributed by atoms with van der Waals surface area (Å²) in [5.74, 6) is -2.96. The molecule has 6 heterocycles. The molecular weight excluding hydrogens is 941 g/mol. The number of ether oxygens (including phenoxy) is 2. The fourth-order valence-electron chi connectivity index (χ4n) is 7.36. The molecule has 3 aliphatic rings. The first-order valence-electron chi connectivity index (χ1n) is 19.4. The van der Waals surface area contributed by atoms with E-state index in [1.807, 2.05) is 42.5 Å². The number of hydrogen-bond acceptors (Lipinski definition) is 18. The number of thiophene rings is 4. The first-order chi connectivity index (χ1) is 31.6. The minimum absolute atomic E-state index is 0.0912. The second kappa shape index (κ2) is 17.6. The Morgan fingerprint density at radius 2 is 1.14 bits per heavy atom. The van der Waals surface area contributed by atoms with Crippen LogP contribution >= 0.6 is 68.9 Å². The minimum Gasteiger partial charge on any atom is -0.459 e. The summed E-state index contributed by atoms with van der Waals surface area (Å²) in [7, 11) is 0. The zero-order valence-electron chi connectivity index (χ0n) is 33.7. The number of carbonyl (C=O) groups excluding carboxylic acids is 4. The molecule has 6 aromatic rings. The van der Waals surface area contributed by atoms with Crippen molar-refractivity contribution in [2.75, 3.05) is 13.1 Å². The van der Waals surface area contributed by atoms with Gasteiger partial charge in [-0.1, -0.05) is 60.7 Å². The molecule has 0 radical (unpaired) electrons. The zero-order chi connectivity index (χ0) is 45.6. The van der Waals surface area contributed by atoms with Crippen molar-refractivity contribution in [3.8, 4) is 24.3 Å². The molecule has 4 aromatic heterocycles. The fourth-order valence-corrected chi connectivity index (χ4v) is 15.3. The van der Waals surface area contributed by atoms with Crippen molar-refractivity contribution >= 4 is 142 Å². The van der Waals surface area contributed by atoms with Crippen molar-refractivity contribution in [2.45, 2.75) is 32.5 Å². The number of amides is 2. The van der Waals surface area contributed by atoms with Crippen LogP contribution in [0, 0.1) is 45.3 Å². The molecule has 0 N–H and O–H groups in total. The second-order valence-corrected chi connectivity index (χ2v) is 20.1. The Morgan fingerprint density at radius 3 is 1.65 bits per heavy atom. The average Bonchev–Trinajstić information content (AvgIpc) is 4.19. The number of thioether (sulfide) groups is 2. The van der Waals surface area contributed by atoms with Crippen LogP contribution in [0.25, 0.3) is 34.3 Å². The number of allylic oxidation sites excluding steroid dienone is 2. The Morgan fingerprint density at radius 1 is 0.646 bits per heavy atom. The normalized spacial score (nSPS) is 16.6. The highest BCUT2D eigenvalue weighted by atomic mass is 32.2. The van der Waals surface area contributed by atoms with Crippen molar-refractivity contribution in [3.05, 3.63) is 115 Å². The molecule has 1 aliphatic carbocycles. The number of nitriles is 4. The van der Waals surface area contributed by atoms with Crippen LogP contribution in [0.2, 0.25) is 0 Å². The average molecular weight is 967 g/mol. The van der Waals surface area contributed by atoms with E-state index >= 15 is 9.59 Å². The summed E-state index contributed by atoms with van der Waals surface area (Å²) < 4.78 is 17.1. The van der Waals surface area contributed by atoms with Crippen LogP contribution < -0.4 is 0 Å². The molecule has 0 atom stereocenters. The second-order valence-electron chi connectivity index (χ2n) is 14.0. The molecule has 20 heteroatoms. The number of nitrogens with zero attached hydrogens (tertiary/aromatic N) is 8. The van der Waals surface area contributed by atoms with E-state index in [4.69, 9.17) is 14.5 Å². The summed E-state index contributed by atoms with van der Waals surface area (Å²) in [6.07, 6.45) is 1.60. The summed E-state index contributed by atoms with van der Waals surface area (Å²) in [5.41, 5.74) is -1.28. The smallest absolute Gasteiger partial charge is 0.334 e. The van der Waals surface area contributed by atoms with Gasteiger partial charge in [-0.25, -0.2) is 9.98 Å². The van der Waals surface area contributed by atoms with E-state index in [1.54, 1.807) is 68.5 Å². The maximum atomic E-state index is 15.2. The third-order valence-electron chi connectivity index (χ3n) is 10.4. The van der Waals surface area contributed by atoms with Gasteiger partial charge in [0.25, 0.3) is 11.8 Å². The maximum Gasteiger partial charge on any atom is 0.334 e. The molecule has 2 aromatic carbocycles. The molecule has 2 saturated heterocycles. The number of fused-ring (bicyclic) bond motifs is 7. The molecule has 2 fully saturated rings. The summed E-state index contributed by atoms with van der Waals surface area (Å²) in [6, 6.07) is 27.2. The molecule has 0 saturated carbocycles. The lowest BCUT2D eigenvalue weighted by molar-refractivity contribution is -0.164. The lowest BCUT2D eigenvalue weighted by atomic mass is 9.81. The zero-order valence-corrected chi connectivity index (χ0v) is 38.6. The highest BCUT2D eigenvalue weighted by Gasteiger charge is 2.60. The quantitative estimate of drug-likeness (QED) is 0.0713. The molecule has 9 rings (SSSR count). The molecule has 2 amide bonds. The summed E-state index contributed by atoms with van der Waals surface area (Å²) in [6.45, 7) is 3.42. The van der Waals surface area contributed by atoms with E-state index in [2.05, 4.69) is 4.99 Å². The van der Waals surface area contributed by atoms with Crippen molar-refractivity contribution in [3.63, 3.8) is 0 Å². The van der Waals surface area contributed by atoms with Crippen LogP contribution in [-0.2, 0) is 47.3 Å². The van der Waals surface area contributed by atoms with E-state index in [-0.39, 0.29) is 63.3 Å². The van der Waals surface area contributed by atoms with Gasteiger partial charge in [-0.05, 0) is 60.6 Å². The van der Waals surface area contributed by atoms with E-state index in [1.165, 1.54) is 55.1 Å². The van der Waals surface area contributed by atoms with Crippen LogP contribution in [0.15, 0.2) is 104 Å². The van der Waals surface area contributed by atoms with Gasteiger partial charge >= 0.3 is 11.9 Å². The lowest BCUT2D eigenvalue weighted by Crippen LogP contribution is -2.46. The van der Waals surface area contributed by atoms with Gasteiger partial charge in [0.05, 0.1) is 29.2 Å². The first kappa shape index (κ1) is 43.4. The van der Waals surface area contributed by atoms with Gasteiger partial charge in [-0.2, -0.15) is 21.0 Å². The molecule has 0 bridgehead atoms. The number of rotatable bonds is 10. The number of carbonyl (C=O) groups is 4. The third-order valence-corrected chi connectivity index (χ3v) is 17.7. The predicted molar refractivity (Wildman–Crippen MR) is 254 cm³/mol. The maximum absolute atomic E-state index is 15.2. The van der Waals surface area contributed by atoms with E-state index in [9.17, 15) is 30.6 Å². The largest absolute Gasteiger partial charge is 0.459 e. The van der Waals surface area contributed by atoms with Gasteiger partial charge < -0.3 is 9.47 Å². The van der Waals surface area contributed by atoms with Gasteiger partial charge in [0.2, 0.25) is 5.41 Å². The number of esters is 2. The van der Waals surface area contributed by atoms with E-state index in [0.29, 0.717) is 31.3 Å². The van der Waals surface area contributed by atoms with Crippen molar-refractivity contribution in [2.24, 2.45) is 9.98 Å². The fraction of sp³-hybridized carbons (Fsp3) is 0.156. The summed E-state index contributed by atoms with van der Waals surface area (Å²) in [4.78, 5) is 70.1. The Balaban J connectivity index is 1.20. The van der Waals surface area contributed by atoms with Crippen LogP contribution in [0.4, 0.5) is 5.00 Å². The third kappa shape index (κ3) is 7.21. The van der Waals surface area contributed by atoms with E-state index in [0.717, 1.165) is 47.0 Å². The minimum atomic E-state index is -2.33. The molecule has 0 spiro atoms. The first-order valence-corrected chi connectivity index (χ1v) is 24.3. The summed E-state index contributed by atoms with van der Waals surface area (Å²) in [5, 5.41) is 39.3. The topological polar surface area (TPSA) is 213 Å². The predicted octanol–water partition coefficient (Wildman–Crippen LogP) is 9.61. The van der Waals surface area contributed by atoms with Crippen molar-refractivity contribution in [1.29, 1.82) is 21.0 Å². The SMILES string of the molecule is CCN1C(=O)C(=NC2=Cc3sc4c(sc5c6sc(N=C7SC(=C(C#N)C#N)N(CC)C7=O)cc6sc45)c3C2(C(=O)OCc2ccccc2)C(=O)OCc2ccccc2)SC1=C(C#N)C#N. The molecule has 14 nitrogen and oxygen atoms in total. The standard InChI is InChI=1S/C45H26N8O6S6/c1-3-52-39(54)37(64-41(52)25(17-46)18-47)50-29-15-27-31(45(29,43(56)58-21-23-11-7-5-8-12-23)44(57)59-22-24-13-9-6-10-14-24)33-35(60-27)36-34(63-33)32-28(61-36)16-30(62-32)51-38-40(55)53(4-2)42(65-38)26(19-48)20-49/h5-16H,3-4,21-22H2,1-2H3. The molecule has 65 heavy (non-hydrogen) atoms. The molecule has 318 valence electrons. The van der Waals surface area contributed by atoms with Crippen LogP contribution in [0.3, 0.4) is 0 Å². The van der Waals surface area contributed by atoms with Gasteiger partial charge in [0.1, 0.15) is 52.5 Å². The lowest BCUT2D eigenvalue weighted by Gasteiger charge is -2.27. The number of benzene rings is 2.